The molecule has 10 atom stereocenters. The van der Waals surface area contributed by atoms with Gasteiger partial charge in [0, 0.05) is 75.5 Å². The molecule has 4 heterocycles. The fourth-order valence-corrected chi connectivity index (χ4v) is 20.9. The number of ketones is 6. The second-order valence-corrected chi connectivity index (χ2v) is 43.4. The highest BCUT2D eigenvalue weighted by atomic mass is 32.2. The highest BCUT2D eigenvalue weighted by molar-refractivity contribution is 7.87. The highest BCUT2D eigenvalue weighted by Gasteiger charge is 2.44. The van der Waals surface area contributed by atoms with Crippen LogP contribution in [0.2, 0.25) is 0 Å². The van der Waals surface area contributed by atoms with Crippen molar-refractivity contribution in [3.05, 3.63) is 214 Å². The van der Waals surface area contributed by atoms with Gasteiger partial charge in [0.05, 0.1) is 76.1 Å². The number of morpholine rings is 2. The molecule has 10 rings (SSSR count). The standard InChI is InChI=1S/C107H144N12O22S2/c1-70(2)47-92(108-102(126)82(37-35-78-27-19-15-20-28-78)57-88(120)63-116-39-43-136-44-40-116)96(122)59-84(55-80-31-23-17-24-32-80)104(128)110-94(49-72(5)6)100(124)106(13,130)67-140-142(132,133)98-74(9)51-90(52-75(98)10)138-65-86-61-118(114-112-86)69-119-62-87(113-115-119)66-139-91-53-76(11)99(77(12)54-91)143(134,135)141-68-107(14,131)101(125)95(50-73(7)8)111-105(129)85(56-81-33-25-18-26-34-81)60-97(123)93(48-71(3)4)109-103(127)83(38-36-79-29-21-16-22-30-79)58-89(121)64-117-41-45-137-46-42-117/h15-34,51-54,61-62,70-73,82-85,92-95,130-131H,35-50,55-60,63-69H2,1-14H3,(H,108,126)(H,109,127)(H,110,128)(H,111,129)/t82-,83-,84-,85-,92+,93+,94+,95+,106?,107?/m1/s1. The van der Waals surface area contributed by atoms with E-state index in [1.54, 1.807) is 60.9 Å². The molecule has 2 saturated heterocycles. The molecule has 4 amide bonds. The zero-order valence-electron chi connectivity index (χ0n) is 84.9. The zero-order chi connectivity index (χ0) is 104. The first kappa shape index (κ1) is 114. The Morgan fingerprint density at radius 2 is 0.706 bits per heavy atom. The van der Waals surface area contributed by atoms with Crippen molar-refractivity contribution in [1.82, 2.24) is 61.1 Å². The second-order valence-electron chi connectivity index (χ2n) is 40.3. The summed E-state index contributed by atoms with van der Waals surface area (Å²) in [6.07, 6.45) is 4.72. The van der Waals surface area contributed by atoms with Gasteiger partial charge >= 0.3 is 0 Å². The van der Waals surface area contributed by atoms with Gasteiger partial charge < -0.3 is 50.4 Å². The molecule has 2 aliphatic heterocycles. The van der Waals surface area contributed by atoms with Crippen LogP contribution in [0.4, 0.5) is 0 Å². The molecule has 36 heteroatoms. The predicted octanol–water partition coefficient (Wildman–Crippen LogP) is 10.7. The van der Waals surface area contributed by atoms with Crippen molar-refractivity contribution in [3.63, 3.8) is 0 Å². The van der Waals surface area contributed by atoms with Gasteiger partial charge in [0.25, 0.3) is 20.2 Å². The molecule has 6 aromatic carbocycles. The molecule has 0 radical (unpaired) electrons. The lowest BCUT2D eigenvalue weighted by Crippen LogP contribution is -2.54. The van der Waals surface area contributed by atoms with Gasteiger partial charge in [0.1, 0.15) is 88.5 Å². The summed E-state index contributed by atoms with van der Waals surface area (Å²) in [4.78, 5) is 148. The first-order valence-corrected chi connectivity index (χ1v) is 52.3. The van der Waals surface area contributed by atoms with Crippen molar-refractivity contribution in [3.8, 4) is 11.5 Å². The van der Waals surface area contributed by atoms with E-state index in [1.165, 1.54) is 61.3 Å². The predicted molar refractivity (Wildman–Crippen MR) is 536 cm³/mol. The minimum absolute atomic E-state index is 0.0123. The normalized spacial score (nSPS) is 16.0. The summed E-state index contributed by atoms with van der Waals surface area (Å²) in [7, 11) is -9.42. The molecule has 2 aliphatic rings. The van der Waals surface area contributed by atoms with Crippen LogP contribution in [-0.4, -0.2) is 239 Å². The van der Waals surface area contributed by atoms with Crippen LogP contribution in [0, 0.1) is 75.0 Å². The lowest BCUT2D eigenvalue weighted by molar-refractivity contribution is -0.144. The van der Waals surface area contributed by atoms with Crippen molar-refractivity contribution in [2.24, 2.45) is 47.3 Å². The number of Topliss-reactive ketones (excluding diaryl/α,β-unsaturated/α-hetero) is 6. The van der Waals surface area contributed by atoms with Crippen LogP contribution in [0.25, 0.3) is 0 Å². The Bertz CT molecular complexity index is 5410. The van der Waals surface area contributed by atoms with E-state index in [4.69, 9.17) is 27.3 Å². The number of nitrogens with zero attached hydrogens (tertiary/aromatic N) is 8. The van der Waals surface area contributed by atoms with Crippen molar-refractivity contribution in [1.29, 1.82) is 0 Å². The Hall–Kier alpha value is -11.3. The number of aliphatic hydroxyl groups is 2. The van der Waals surface area contributed by atoms with Crippen LogP contribution < -0.4 is 30.7 Å². The molecule has 143 heavy (non-hydrogen) atoms. The monoisotopic (exact) mass is 2010 g/mol. The lowest BCUT2D eigenvalue weighted by atomic mass is 9.86. The van der Waals surface area contributed by atoms with Crippen molar-refractivity contribution in [2.45, 2.75) is 252 Å². The minimum atomic E-state index is -4.71. The molecule has 776 valence electrons. The van der Waals surface area contributed by atoms with E-state index in [0.717, 1.165) is 25.0 Å². The summed E-state index contributed by atoms with van der Waals surface area (Å²) in [5, 5.41) is 52.4. The molecule has 8 aromatic rings. The molecular formula is C107H144N12O22S2. The number of benzene rings is 6. The van der Waals surface area contributed by atoms with Crippen molar-refractivity contribution < 1.29 is 102 Å². The summed E-state index contributed by atoms with van der Waals surface area (Å²) >= 11 is 0. The molecule has 2 aromatic heterocycles. The maximum Gasteiger partial charge on any atom is 0.297 e. The fourth-order valence-electron chi connectivity index (χ4n) is 18.0. The van der Waals surface area contributed by atoms with Gasteiger partial charge in [-0.15, -0.1) is 10.2 Å². The van der Waals surface area contributed by atoms with E-state index >= 15 is 0 Å². The van der Waals surface area contributed by atoms with Gasteiger partial charge in [-0.3, -0.25) is 66.1 Å². The van der Waals surface area contributed by atoms with Crippen molar-refractivity contribution in [2.75, 3.05) is 78.9 Å². The number of hydrogen-bond acceptors (Lipinski definition) is 28. The van der Waals surface area contributed by atoms with Gasteiger partial charge in [0.2, 0.25) is 23.6 Å². The van der Waals surface area contributed by atoms with Crippen LogP contribution in [0.15, 0.2) is 168 Å². The second kappa shape index (κ2) is 54.0. The van der Waals surface area contributed by atoms with Gasteiger partial charge in [-0.1, -0.05) is 187 Å². The highest BCUT2D eigenvalue weighted by Crippen LogP contribution is 2.34. The minimum Gasteiger partial charge on any atom is -0.487 e. The number of aromatic nitrogens is 6. The zero-order valence-corrected chi connectivity index (χ0v) is 86.5. The molecule has 0 bridgehead atoms. The Balaban J connectivity index is 0.710. The lowest BCUT2D eigenvalue weighted by Gasteiger charge is -2.30. The maximum absolute atomic E-state index is 14.8. The Morgan fingerprint density at radius 3 is 1.02 bits per heavy atom. The van der Waals surface area contributed by atoms with Crippen molar-refractivity contribution >= 4 is 78.6 Å². The topological polar surface area (TPSA) is 451 Å². The molecule has 6 N–H and O–H groups in total. The van der Waals surface area contributed by atoms with Crippen LogP contribution in [0.3, 0.4) is 0 Å². The van der Waals surface area contributed by atoms with Crippen LogP contribution in [0.1, 0.15) is 189 Å². The summed E-state index contributed by atoms with van der Waals surface area (Å²) < 4.78 is 93.9. The van der Waals surface area contributed by atoms with Gasteiger partial charge in [-0.2, -0.15) is 16.8 Å². The van der Waals surface area contributed by atoms with E-state index in [0.29, 0.717) is 101 Å². The number of amides is 4. The smallest absolute Gasteiger partial charge is 0.297 e. The fraction of sp³-hybridized carbons (Fsp3) is 0.533. The van der Waals surface area contributed by atoms with Crippen LogP contribution >= 0.6 is 0 Å². The van der Waals surface area contributed by atoms with Crippen LogP contribution in [0.5, 0.6) is 11.5 Å². The van der Waals surface area contributed by atoms with Gasteiger partial charge in [-0.05, 0) is 198 Å². The average Bonchev–Trinajstić information content (AvgIpc) is 1.13. The van der Waals surface area contributed by atoms with E-state index in [1.807, 2.05) is 138 Å². The quantitative estimate of drug-likeness (QED) is 0.0193. The summed E-state index contributed by atoms with van der Waals surface area (Å²) in [5.41, 5.74) is -0.0103. The van der Waals surface area contributed by atoms with E-state index in [2.05, 4.69) is 41.9 Å². The first-order valence-electron chi connectivity index (χ1n) is 49.5. The number of rotatable bonds is 60. The average molecular weight is 2010 g/mol. The summed E-state index contributed by atoms with van der Waals surface area (Å²) in [6, 6.07) is 38.3. The maximum atomic E-state index is 14.8. The summed E-state index contributed by atoms with van der Waals surface area (Å²) in [5.74, 6) is -9.03. The number of carbonyl (C=O) groups is 10. The molecule has 2 unspecified atom stereocenters. The summed E-state index contributed by atoms with van der Waals surface area (Å²) in [6.45, 7) is 25.6. The van der Waals surface area contributed by atoms with Gasteiger partial charge in [-0.25, -0.2) is 9.36 Å². The number of ether oxygens (including phenoxy) is 4. The Kier molecular flexibility index (Phi) is 42.9. The molecule has 0 aliphatic carbocycles. The first-order chi connectivity index (χ1) is 67.8. The Labute approximate surface area is 840 Å². The molecule has 0 saturated carbocycles. The van der Waals surface area contributed by atoms with Gasteiger partial charge in [0.15, 0.2) is 23.1 Å². The van der Waals surface area contributed by atoms with E-state index < -0.39 is 139 Å². The third-order valence-electron chi connectivity index (χ3n) is 25.4. The molecule has 34 nitrogen and oxygen atoms in total. The number of carbonyl (C=O) groups excluding carboxylic acids is 10. The largest absolute Gasteiger partial charge is 0.487 e. The molecular weight excluding hydrogens is 1870 g/mol. The Morgan fingerprint density at radius 1 is 0.413 bits per heavy atom. The molecule has 0 spiro atoms. The van der Waals surface area contributed by atoms with E-state index in [9.17, 15) is 75.0 Å². The third kappa shape index (κ3) is 36.1. The number of hydrogen-bond donors (Lipinski definition) is 6. The SMILES string of the molecule is Cc1cc(OCc2cn(Cn3cc(COc4cc(C)c(S(=O)(=O)OCC(C)(O)C(=O)[C@H](CC(C)C)NC(=O)[C@@H](CC(=O)[C@H](CC(C)C)NC(=O)[C@H](CCc5ccccc5)CC(=O)CN5CCOCC5)Cc5ccccc5)c(C)c4)nn3)nn2)cc(C)c1S(=O)(=O)OCC(C)(O)C(=O)[C@H](CC(C)C)NC(=O)[C@@H](CC(=O)[C@H](CC(C)C)NC(=O)[C@H](CCc1ccccc1)CC(=O)CN1CCOCC1)Cc1ccccc1. The number of aryl methyl sites for hydroxylation is 6. The van der Waals surface area contributed by atoms with Crippen LogP contribution in [-0.2, 0) is 132 Å². The molecule has 2 fully saturated rings. The third-order valence-corrected chi connectivity index (χ3v) is 28.5. The number of nitrogens with one attached hydrogen (secondary N) is 4. The van der Waals surface area contributed by atoms with E-state index in [-0.39, 0.29) is 176 Å².